The number of quaternary nitrogens is 1. The van der Waals surface area contributed by atoms with Gasteiger partial charge in [-0.15, -0.1) is 6.58 Å². The van der Waals surface area contributed by atoms with E-state index in [0.717, 1.165) is 12.5 Å². The third kappa shape index (κ3) is 8.25. The van der Waals surface area contributed by atoms with Gasteiger partial charge in [0.25, 0.3) is 0 Å². The molecule has 90 valence electrons. The van der Waals surface area contributed by atoms with Gasteiger partial charge in [-0.2, -0.15) is 0 Å². The monoisotopic (exact) mass is 220 g/mol. The first kappa shape index (κ1) is 14.9. The average molecular weight is 220 g/mol. The Labute approximate surface area is 101 Å². The van der Waals surface area contributed by atoms with Gasteiger partial charge >= 0.3 is 0 Å². The predicted octanol–water partition coefficient (Wildman–Crippen LogP) is 2.99. The molecule has 1 nitrogen and oxygen atoms in total. The molecule has 0 amide bonds. The Morgan fingerprint density at radius 2 is 1.88 bits per heavy atom. The van der Waals surface area contributed by atoms with Crippen LogP contribution >= 0.6 is 0 Å². The van der Waals surface area contributed by atoms with E-state index in [0.29, 0.717) is 0 Å². The summed E-state index contributed by atoms with van der Waals surface area (Å²) in [5, 5.41) is 2.39. The fourth-order valence-corrected chi connectivity index (χ4v) is 1.32. The minimum Gasteiger partial charge on any atom is -0.342 e. The second-order valence-electron chi connectivity index (χ2n) is 4.14. The number of benzene rings is 1. The molecule has 2 N–H and O–H groups in total. The van der Waals surface area contributed by atoms with E-state index in [4.69, 9.17) is 0 Å². The summed E-state index contributed by atoms with van der Waals surface area (Å²) in [4.78, 5) is 0. The lowest BCUT2D eigenvalue weighted by Gasteiger charge is -2.06. The van der Waals surface area contributed by atoms with Gasteiger partial charge < -0.3 is 5.32 Å². The molecule has 16 heavy (non-hydrogen) atoms. The van der Waals surface area contributed by atoms with Gasteiger partial charge in [0.2, 0.25) is 0 Å². The first-order valence-electron chi connectivity index (χ1n) is 6.17. The molecule has 0 fully saturated rings. The fraction of sp³-hybridized carbons (Fsp3) is 0.467. The zero-order chi connectivity index (χ0) is 12.2. The van der Waals surface area contributed by atoms with Crippen LogP contribution in [0.1, 0.15) is 32.8 Å². The molecule has 0 aromatic heterocycles. The average Bonchev–Trinajstić information content (AvgIpc) is 2.31. The highest BCUT2D eigenvalue weighted by molar-refractivity contribution is 5.12. The van der Waals surface area contributed by atoms with E-state index in [-0.39, 0.29) is 0 Å². The van der Waals surface area contributed by atoms with Crippen LogP contribution in [0.15, 0.2) is 43.0 Å². The Hall–Kier alpha value is -1.08. The second-order valence-corrected chi connectivity index (χ2v) is 4.14. The quantitative estimate of drug-likeness (QED) is 0.735. The molecule has 1 aromatic carbocycles. The van der Waals surface area contributed by atoms with Crippen LogP contribution in [0.2, 0.25) is 0 Å². The van der Waals surface area contributed by atoms with Crippen LogP contribution in [0.4, 0.5) is 0 Å². The van der Waals surface area contributed by atoms with Gasteiger partial charge in [0.1, 0.15) is 6.54 Å². The smallest absolute Gasteiger partial charge is 0.101 e. The van der Waals surface area contributed by atoms with Crippen molar-refractivity contribution >= 4 is 0 Å². The molecule has 0 bridgehead atoms. The third-order valence-corrected chi connectivity index (χ3v) is 2.49. The molecule has 0 aliphatic heterocycles. The maximum Gasteiger partial charge on any atom is 0.101 e. The summed E-state index contributed by atoms with van der Waals surface area (Å²) in [7, 11) is 0. The summed E-state index contributed by atoms with van der Waals surface area (Å²) in [6.45, 7) is 12.2. The van der Waals surface area contributed by atoms with Crippen LogP contribution in [0.3, 0.4) is 0 Å². The van der Waals surface area contributed by atoms with Gasteiger partial charge in [0.15, 0.2) is 0 Å². The van der Waals surface area contributed by atoms with Crippen molar-refractivity contribution in [2.75, 3.05) is 6.54 Å². The number of hydrogen-bond donors (Lipinski definition) is 1. The topological polar surface area (TPSA) is 16.6 Å². The van der Waals surface area contributed by atoms with Gasteiger partial charge in [-0.25, -0.2) is 0 Å². The molecule has 0 aliphatic rings. The molecule has 0 aliphatic carbocycles. The second kappa shape index (κ2) is 10.4. The Morgan fingerprint density at radius 3 is 2.38 bits per heavy atom. The Kier molecular flexibility index (Phi) is 9.73. The highest BCUT2D eigenvalue weighted by Crippen LogP contribution is 1.96. The SMILES string of the molecule is C=CC.CCC(C)C[NH2+]Cc1ccccc1. The van der Waals surface area contributed by atoms with Crippen molar-refractivity contribution in [3.63, 3.8) is 0 Å². The van der Waals surface area contributed by atoms with Gasteiger partial charge in [0, 0.05) is 11.5 Å². The van der Waals surface area contributed by atoms with Crippen LogP contribution < -0.4 is 5.32 Å². The lowest BCUT2D eigenvalue weighted by atomic mass is 10.1. The molecule has 0 heterocycles. The summed E-state index contributed by atoms with van der Waals surface area (Å²) >= 11 is 0. The minimum atomic E-state index is 0.837. The first-order valence-corrected chi connectivity index (χ1v) is 6.17. The van der Waals surface area contributed by atoms with E-state index in [2.05, 4.69) is 56.1 Å². The molecule has 1 aromatic rings. The maximum atomic E-state index is 3.36. The minimum absolute atomic E-state index is 0.837. The van der Waals surface area contributed by atoms with Gasteiger partial charge in [-0.05, 0) is 13.3 Å². The van der Waals surface area contributed by atoms with Crippen LogP contribution in [-0.2, 0) is 6.54 Å². The van der Waals surface area contributed by atoms with Gasteiger partial charge in [-0.3, -0.25) is 0 Å². The zero-order valence-electron chi connectivity index (χ0n) is 10.9. The predicted molar refractivity (Wildman–Crippen MR) is 72.3 cm³/mol. The zero-order valence-corrected chi connectivity index (χ0v) is 10.9. The Bertz CT molecular complexity index is 253. The lowest BCUT2D eigenvalue weighted by Crippen LogP contribution is -2.83. The number of nitrogens with two attached hydrogens (primary N) is 1. The van der Waals surface area contributed by atoms with Crippen LogP contribution in [0.25, 0.3) is 0 Å². The lowest BCUT2D eigenvalue weighted by molar-refractivity contribution is -0.675. The molecule has 1 atom stereocenters. The number of rotatable bonds is 5. The summed E-state index contributed by atoms with van der Waals surface area (Å²) in [6.07, 6.45) is 3.03. The van der Waals surface area contributed by atoms with E-state index in [9.17, 15) is 0 Å². The molecule has 1 unspecified atom stereocenters. The van der Waals surface area contributed by atoms with Crippen LogP contribution in [0, 0.1) is 5.92 Å². The molecule has 0 saturated heterocycles. The highest BCUT2D eigenvalue weighted by atomic mass is 14.8. The van der Waals surface area contributed by atoms with Crippen molar-refractivity contribution < 1.29 is 5.32 Å². The number of hydrogen-bond acceptors (Lipinski definition) is 0. The van der Waals surface area contributed by atoms with Crippen molar-refractivity contribution in [3.05, 3.63) is 48.6 Å². The summed E-state index contributed by atoms with van der Waals surface area (Å²) in [5.41, 5.74) is 1.42. The summed E-state index contributed by atoms with van der Waals surface area (Å²) in [5.74, 6) is 0.837. The van der Waals surface area contributed by atoms with E-state index < -0.39 is 0 Å². The molecular formula is C15H26N+. The van der Waals surface area contributed by atoms with Crippen molar-refractivity contribution in [2.24, 2.45) is 5.92 Å². The molecule has 1 rings (SSSR count). The Balaban J connectivity index is 0.000000673. The van der Waals surface area contributed by atoms with Crippen molar-refractivity contribution in [1.82, 2.24) is 0 Å². The van der Waals surface area contributed by atoms with E-state index in [1.54, 1.807) is 6.08 Å². The summed E-state index contributed by atoms with van der Waals surface area (Å²) in [6, 6.07) is 10.7. The van der Waals surface area contributed by atoms with Crippen molar-refractivity contribution in [1.29, 1.82) is 0 Å². The van der Waals surface area contributed by atoms with Crippen molar-refractivity contribution in [2.45, 2.75) is 33.7 Å². The maximum absolute atomic E-state index is 3.36. The number of allylic oxidation sites excluding steroid dienone is 1. The van der Waals surface area contributed by atoms with Crippen LogP contribution in [-0.4, -0.2) is 6.54 Å². The normalized spacial score (nSPS) is 11.2. The van der Waals surface area contributed by atoms with E-state index in [1.807, 2.05) is 6.92 Å². The standard InChI is InChI=1S/C12H19N.C3H6/c1-3-11(2)9-13-10-12-7-5-4-6-8-12;1-3-2/h4-8,11,13H,3,9-10H2,1-2H3;3H,1H2,2H3/p+1. The first-order chi connectivity index (χ1) is 7.74. The molecule has 0 spiro atoms. The van der Waals surface area contributed by atoms with Gasteiger partial charge in [-0.1, -0.05) is 50.3 Å². The van der Waals surface area contributed by atoms with Gasteiger partial charge in [0.05, 0.1) is 6.54 Å². The molecule has 0 radical (unpaired) electrons. The molecular weight excluding hydrogens is 194 g/mol. The van der Waals surface area contributed by atoms with Crippen molar-refractivity contribution in [3.8, 4) is 0 Å². The fourth-order valence-electron chi connectivity index (χ4n) is 1.32. The summed E-state index contributed by atoms with van der Waals surface area (Å²) < 4.78 is 0. The highest BCUT2D eigenvalue weighted by Gasteiger charge is 2.00. The molecule has 0 saturated carbocycles. The Morgan fingerprint density at radius 1 is 1.31 bits per heavy atom. The van der Waals surface area contributed by atoms with E-state index >= 15 is 0 Å². The molecule has 1 heteroatoms. The largest absolute Gasteiger partial charge is 0.342 e. The van der Waals surface area contributed by atoms with E-state index in [1.165, 1.54) is 18.5 Å². The third-order valence-electron chi connectivity index (χ3n) is 2.49. The van der Waals surface area contributed by atoms with Crippen LogP contribution in [0.5, 0.6) is 0 Å².